The second-order valence-electron chi connectivity index (χ2n) is 8.84. The van der Waals surface area contributed by atoms with E-state index in [2.05, 4.69) is 46.3 Å². The highest BCUT2D eigenvalue weighted by Gasteiger charge is 2.15. The normalized spacial score (nSPS) is 11.4. The Balaban J connectivity index is 1.53. The number of aromatic nitrogens is 4. The number of H-pyrrole nitrogens is 1. The summed E-state index contributed by atoms with van der Waals surface area (Å²) in [5.41, 5.74) is 5.51. The summed E-state index contributed by atoms with van der Waals surface area (Å²) in [7, 11) is 1.59. The lowest BCUT2D eigenvalue weighted by atomic mass is 10.1. The molecule has 0 atom stereocenters. The van der Waals surface area contributed by atoms with Gasteiger partial charge in [0.2, 0.25) is 5.91 Å². The molecule has 0 radical (unpaired) electrons. The van der Waals surface area contributed by atoms with Crippen LogP contribution in [0.15, 0.2) is 59.4 Å². The summed E-state index contributed by atoms with van der Waals surface area (Å²) in [6.45, 7) is 7.56. The number of methoxy groups -OCH3 is 1. The van der Waals surface area contributed by atoms with Gasteiger partial charge in [-0.2, -0.15) is 5.10 Å². The predicted molar refractivity (Wildman–Crippen MR) is 141 cm³/mol. The van der Waals surface area contributed by atoms with Gasteiger partial charge in [-0.3, -0.25) is 14.3 Å². The molecule has 8 heteroatoms. The molecule has 1 N–H and O–H groups in total. The van der Waals surface area contributed by atoms with Gasteiger partial charge in [0.05, 0.1) is 36.3 Å². The molecule has 186 valence electrons. The molecular formula is C28H31N5O3. The summed E-state index contributed by atoms with van der Waals surface area (Å²) in [6, 6.07) is 15.5. The van der Waals surface area contributed by atoms with Crippen molar-refractivity contribution in [2.24, 2.45) is 0 Å². The van der Waals surface area contributed by atoms with Crippen LogP contribution in [0, 0.1) is 20.8 Å². The Bertz CT molecular complexity index is 1450. The molecular weight excluding hydrogens is 454 g/mol. The topological polar surface area (TPSA) is 93.1 Å². The van der Waals surface area contributed by atoms with E-state index in [0.717, 1.165) is 17.0 Å². The third-order valence-electron chi connectivity index (χ3n) is 6.16. The third kappa shape index (κ3) is 5.78. The summed E-state index contributed by atoms with van der Waals surface area (Å²) in [5.74, 6) is 0.225. The number of benzene rings is 2. The van der Waals surface area contributed by atoms with Gasteiger partial charge in [0.1, 0.15) is 5.82 Å². The fourth-order valence-corrected chi connectivity index (χ4v) is 4.09. The average molecular weight is 486 g/mol. The van der Waals surface area contributed by atoms with E-state index in [9.17, 15) is 9.59 Å². The van der Waals surface area contributed by atoms with E-state index in [1.165, 1.54) is 11.1 Å². The van der Waals surface area contributed by atoms with E-state index in [-0.39, 0.29) is 18.0 Å². The van der Waals surface area contributed by atoms with E-state index in [1.54, 1.807) is 36.3 Å². The molecule has 1 amide bonds. The zero-order chi connectivity index (χ0) is 25.7. The number of aromatic amines is 1. The van der Waals surface area contributed by atoms with Crippen molar-refractivity contribution in [3.8, 4) is 0 Å². The van der Waals surface area contributed by atoms with E-state index in [1.807, 2.05) is 30.7 Å². The number of amides is 1. The number of hydrogen-bond acceptors (Lipinski definition) is 5. The standard InChI is InChI=1S/C28H31N5O3/c1-19-9-11-22(12-10-19)17-33-21(3)23(20(2)31-33)13-14-27(34)32(15-16-36-4)18-26-29-25-8-6-5-7-24(25)28(35)30-26/h5-14H,15-18H2,1-4H3,(H,29,30,35)/b14-13+. The van der Waals surface area contributed by atoms with Crippen LogP contribution in [-0.2, 0) is 22.6 Å². The first-order valence-electron chi connectivity index (χ1n) is 11.9. The third-order valence-corrected chi connectivity index (χ3v) is 6.16. The molecule has 0 aliphatic carbocycles. The molecule has 2 aromatic heterocycles. The molecule has 0 unspecified atom stereocenters. The summed E-state index contributed by atoms with van der Waals surface area (Å²) >= 11 is 0. The van der Waals surface area contributed by atoms with Crippen molar-refractivity contribution in [1.29, 1.82) is 0 Å². The van der Waals surface area contributed by atoms with Crippen LogP contribution in [0.5, 0.6) is 0 Å². The molecule has 4 rings (SSSR count). The fourth-order valence-electron chi connectivity index (χ4n) is 4.09. The number of carbonyl (C=O) groups excluding carboxylic acids is 1. The van der Waals surface area contributed by atoms with Crippen molar-refractivity contribution in [3.05, 3.63) is 98.9 Å². The second-order valence-corrected chi connectivity index (χ2v) is 8.84. The van der Waals surface area contributed by atoms with Gasteiger partial charge in [-0.05, 0) is 44.5 Å². The highest BCUT2D eigenvalue weighted by molar-refractivity contribution is 5.92. The molecule has 0 fully saturated rings. The van der Waals surface area contributed by atoms with Gasteiger partial charge in [0, 0.05) is 31.0 Å². The number of aryl methyl sites for hydroxylation is 2. The molecule has 2 aromatic carbocycles. The van der Waals surface area contributed by atoms with Crippen LogP contribution in [-0.4, -0.2) is 50.8 Å². The molecule has 8 nitrogen and oxygen atoms in total. The predicted octanol–water partition coefficient (Wildman–Crippen LogP) is 3.78. The average Bonchev–Trinajstić information content (AvgIpc) is 3.13. The molecule has 0 spiro atoms. The molecule has 2 heterocycles. The number of rotatable bonds is 9. The maximum atomic E-state index is 13.2. The zero-order valence-corrected chi connectivity index (χ0v) is 21.1. The number of fused-ring (bicyclic) bond motifs is 1. The fraction of sp³-hybridized carbons (Fsp3) is 0.286. The van der Waals surface area contributed by atoms with Crippen molar-refractivity contribution >= 4 is 22.9 Å². The highest BCUT2D eigenvalue weighted by Crippen LogP contribution is 2.17. The lowest BCUT2D eigenvalue weighted by molar-refractivity contribution is -0.127. The van der Waals surface area contributed by atoms with Crippen LogP contribution in [0.2, 0.25) is 0 Å². The highest BCUT2D eigenvalue weighted by atomic mass is 16.5. The minimum absolute atomic E-state index is 0.164. The molecule has 4 aromatic rings. The van der Waals surface area contributed by atoms with Gasteiger partial charge >= 0.3 is 0 Å². The summed E-state index contributed by atoms with van der Waals surface area (Å²) < 4.78 is 7.15. The van der Waals surface area contributed by atoms with Gasteiger partial charge in [-0.25, -0.2) is 4.98 Å². The summed E-state index contributed by atoms with van der Waals surface area (Å²) in [5, 5.41) is 5.20. The Labute approximate surface area is 210 Å². The SMILES string of the molecule is COCCN(Cc1nc2ccccc2c(=O)[nH]1)C(=O)/C=C/c1c(C)nn(Cc2ccc(C)cc2)c1C. The molecule has 0 bridgehead atoms. The van der Waals surface area contributed by atoms with Crippen molar-refractivity contribution in [2.45, 2.75) is 33.9 Å². The first kappa shape index (κ1) is 25.1. The van der Waals surface area contributed by atoms with Gasteiger partial charge in [-0.1, -0.05) is 42.0 Å². The molecule has 0 aliphatic heterocycles. The second kappa shape index (κ2) is 11.1. The number of hydrogen-bond donors (Lipinski definition) is 1. The van der Waals surface area contributed by atoms with Crippen LogP contribution >= 0.6 is 0 Å². The number of para-hydroxylation sites is 1. The zero-order valence-electron chi connectivity index (χ0n) is 21.1. The molecule has 36 heavy (non-hydrogen) atoms. The minimum atomic E-state index is -0.225. The van der Waals surface area contributed by atoms with Gasteiger partial charge in [0.25, 0.3) is 5.56 Å². The quantitative estimate of drug-likeness (QED) is 0.364. The lowest BCUT2D eigenvalue weighted by Crippen LogP contribution is -2.33. The molecule has 0 saturated carbocycles. The Hall–Kier alpha value is -4.04. The van der Waals surface area contributed by atoms with Crippen LogP contribution in [0.25, 0.3) is 17.0 Å². The van der Waals surface area contributed by atoms with Crippen molar-refractivity contribution in [3.63, 3.8) is 0 Å². The smallest absolute Gasteiger partial charge is 0.258 e. The van der Waals surface area contributed by atoms with Crippen molar-refractivity contribution < 1.29 is 9.53 Å². The molecule has 0 saturated heterocycles. The Morgan fingerprint density at radius 2 is 1.86 bits per heavy atom. The van der Waals surface area contributed by atoms with E-state index in [4.69, 9.17) is 4.74 Å². The minimum Gasteiger partial charge on any atom is -0.383 e. The van der Waals surface area contributed by atoms with E-state index < -0.39 is 0 Å². The van der Waals surface area contributed by atoms with E-state index >= 15 is 0 Å². The summed E-state index contributed by atoms with van der Waals surface area (Å²) in [6.07, 6.45) is 3.35. The first-order valence-corrected chi connectivity index (χ1v) is 11.9. The molecule has 0 aliphatic rings. The van der Waals surface area contributed by atoms with Crippen molar-refractivity contribution in [2.75, 3.05) is 20.3 Å². The van der Waals surface area contributed by atoms with E-state index in [0.29, 0.717) is 36.4 Å². The first-order chi connectivity index (χ1) is 17.4. The van der Waals surface area contributed by atoms with Crippen LogP contribution < -0.4 is 5.56 Å². The van der Waals surface area contributed by atoms with Crippen molar-refractivity contribution in [1.82, 2.24) is 24.6 Å². The van der Waals surface area contributed by atoms with Gasteiger partial charge in [-0.15, -0.1) is 0 Å². The lowest BCUT2D eigenvalue weighted by Gasteiger charge is -2.20. The monoisotopic (exact) mass is 485 g/mol. The Morgan fingerprint density at radius 1 is 1.11 bits per heavy atom. The maximum Gasteiger partial charge on any atom is 0.258 e. The number of nitrogens with one attached hydrogen (secondary N) is 1. The Kier molecular flexibility index (Phi) is 7.75. The van der Waals surface area contributed by atoms with Gasteiger partial charge in [0.15, 0.2) is 0 Å². The Morgan fingerprint density at radius 3 is 2.61 bits per heavy atom. The van der Waals surface area contributed by atoms with Crippen LogP contribution in [0.4, 0.5) is 0 Å². The largest absolute Gasteiger partial charge is 0.383 e. The number of ether oxygens (including phenoxy) is 1. The maximum absolute atomic E-state index is 13.2. The number of carbonyl (C=O) groups is 1. The van der Waals surface area contributed by atoms with Crippen LogP contribution in [0.3, 0.4) is 0 Å². The van der Waals surface area contributed by atoms with Gasteiger partial charge < -0.3 is 14.6 Å². The van der Waals surface area contributed by atoms with Crippen LogP contribution in [0.1, 0.15) is 33.9 Å². The number of nitrogens with zero attached hydrogens (tertiary/aromatic N) is 4. The summed E-state index contributed by atoms with van der Waals surface area (Å²) in [4.78, 5) is 34.6.